The zero-order valence-electron chi connectivity index (χ0n) is 11.0. The maximum atomic E-state index is 8.86. The lowest BCUT2D eigenvalue weighted by Gasteiger charge is -2.33. The first-order valence-electron chi connectivity index (χ1n) is 5.51. The van der Waals surface area contributed by atoms with E-state index in [0.29, 0.717) is 0 Å². The molecule has 0 saturated carbocycles. The number of hydrogen-bond acceptors (Lipinski definition) is 3. The van der Waals surface area contributed by atoms with Crippen LogP contribution in [0.2, 0.25) is 0 Å². The van der Waals surface area contributed by atoms with Crippen molar-refractivity contribution >= 4 is 0 Å². The minimum atomic E-state index is -0.213. The third-order valence-electron chi connectivity index (χ3n) is 3.00. The maximum absolute atomic E-state index is 8.86. The van der Waals surface area contributed by atoms with Crippen LogP contribution in [-0.4, -0.2) is 37.6 Å². The highest BCUT2D eigenvalue weighted by Gasteiger charge is 2.20. The fourth-order valence-electron chi connectivity index (χ4n) is 1.01. The molecule has 0 saturated heterocycles. The van der Waals surface area contributed by atoms with Gasteiger partial charge >= 0.3 is 0 Å². The van der Waals surface area contributed by atoms with Gasteiger partial charge in [-0.2, -0.15) is 5.26 Å². The Morgan fingerprint density at radius 2 is 1.73 bits per heavy atom. The van der Waals surface area contributed by atoms with Gasteiger partial charge in [-0.1, -0.05) is 0 Å². The van der Waals surface area contributed by atoms with Crippen molar-refractivity contribution in [3.63, 3.8) is 0 Å². The van der Waals surface area contributed by atoms with E-state index in [1.165, 1.54) is 0 Å². The first kappa shape index (κ1) is 14.4. The van der Waals surface area contributed by atoms with E-state index in [0.717, 1.165) is 19.5 Å². The molecule has 0 unspecified atom stereocenters. The van der Waals surface area contributed by atoms with Crippen molar-refractivity contribution in [2.75, 3.05) is 27.2 Å². The largest absolute Gasteiger partial charge is 0.315 e. The quantitative estimate of drug-likeness (QED) is 0.682. The molecule has 0 aliphatic carbocycles. The van der Waals surface area contributed by atoms with Gasteiger partial charge in [-0.15, -0.1) is 0 Å². The smallest absolute Gasteiger partial charge is 0.0684 e. The first-order valence-corrected chi connectivity index (χ1v) is 5.51. The van der Waals surface area contributed by atoms with E-state index >= 15 is 0 Å². The van der Waals surface area contributed by atoms with Crippen LogP contribution in [0.1, 0.15) is 34.1 Å². The maximum Gasteiger partial charge on any atom is 0.0684 e. The van der Waals surface area contributed by atoms with Crippen LogP contribution in [0.4, 0.5) is 0 Å². The SMILES string of the molecule is CN(C)C(C)(C)CNCCC(C)(C)C#N. The molecule has 0 aromatic carbocycles. The molecule has 0 aliphatic rings. The molecule has 3 nitrogen and oxygen atoms in total. The molecule has 0 spiro atoms. The summed E-state index contributed by atoms with van der Waals surface area (Å²) in [5.41, 5.74) is -0.0496. The lowest BCUT2D eigenvalue weighted by atomic mass is 9.91. The van der Waals surface area contributed by atoms with Crippen molar-refractivity contribution in [1.29, 1.82) is 5.26 Å². The van der Waals surface area contributed by atoms with E-state index in [9.17, 15) is 0 Å². The van der Waals surface area contributed by atoms with Crippen LogP contribution >= 0.6 is 0 Å². The summed E-state index contributed by atoms with van der Waals surface area (Å²) >= 11 is 0. The van der Waals surface area contributed by atoms with Crippen LogP contribution in [0.15, 0.2) is 0 Å². The highest BCUT2D eigenvalue weighted by molar-refractivity contribution is 4.92. The van der Waals surface area contributed by atoms with Crippen molar-refractivity contribution in [2.24, 2.45) is 5.41 Å². The first-order chi connectivity index (χ1) is 6.71. The van der Waals surface area contributed by atoms with Gasteiger partial charge in [-0.05, 0) is 54.8 Å². The highest BCUT2D eigenvalue weighted by Crippen LogP contribution is 2.17. The summed E-state index contributed by atoms with van der Waals surface area (Å²) < 4.78 is 0. The van der Waals surface area contributed by atoms with Gasteiger partial charge in [0.05, 0.1) is 11.5 Å². The van der Waals surface area contributed by atoms with Crippen molar-refractivity contribution in [1.82, 2.24) is 10.2 Å². The molecular weight excluding hydrogens is 186 g/mol. The normalized spacial score (nSPS) is 12.9. The van der Waals surface area contributed by atoms with Crippen LogP contribution in [0.3, 0.4) is 0 Å². The third kappa shape index (κ3) is 5.76. The molecule has 88 valence electrons. The number of hydrogen-bond donors (Lipinski definition) is 1. The zero-order valence-corrected chi connectivity index (χ0v) is 11.0. The van der Waals surface area contributed by atoms with Gasteiger partial charge in [0, 0.05) is 12.1 Å². The number of nitriles is 1. The second-order valence-corrected chi connectivity index (χ2v) is 5.63. The molecule has 0 amide bonds. The van der Waals surface area contributed by atoms with Crippen LogP contribution in [-0.2, 0) is 0 Å². The summed E-state index contributed by atoms with van der Waals surface area (Å²) in [6.45, 7) is 10.2. The number of nitrogens with one attached hydrogen (secondary N) is 1. The Balaban J connectivity index is 3.78. The van der Waals surface area contributed by atoms with Gasteiger partial charge in [-0.3, -0.25) is 0 Å². The molecule has 0 bridgehead atoms. The summed E-state index contributed by atoms with van der Waals surface area (Å²) in [7, 11) is 4.17. The van der Waals surface area contributed by atoms with Gasteiger partial charge in [0.15, 0.2) is 0 Å². The second kappa shape index (κ2) is 5.48. The van der Waals surface area contributed by atoms with E-state index < -0.39 is 0 Å². The number of rotatable bonds is 6. The molecule has 0 atom stereocenters. The van der Waals surface area contributed by atoms with E-state index in [1.807, 2.05) is 13.8 Å². The fourth-order valence-corrected chi connectivity index (χ4v) is 1.01. The van der Waals surface area contributed by atoms with Crippen molar-refractivity contribution in [2.45, 2.75) is 39.7 Å². The summed E-state index contributed by atoms with van der Waals surface area (Å²) in [6.07, 6.45) is 0.896. The minimum Gasteiger partial charge on any atom is -0.315 e. The molecule has 0 aromatic rings. The summed E-state index contributed by atoms with van der Waals surface area (Å²) in [6, 6.07) is 2.31. The van der Waals surface area contributed by atoms with E-state index in [1.54, 1.807) is 0 Å². The molecule has 0 radical (unpaired) electrons. The molecule has 0 fully saturated rings. The molecule has 3 heteroatoms. The van der Waals surface area contributed by atoms with E-state index in [2.05, 4.69) is 44.2 Å². The predicted octanol–water partition coefficient (Wildman–Crippen LogP) is 1.86. The topological polar surface area (TPSA) is 39.1 Å². The van der Waals surface area contributed by atoms with Crippen LogP contribution in [0, 0.1) is 16.7 Å². The molecule has 1 N–H and O–H groups in total. The Kier molecular flexibility index (Phi) is 5.27. The van der Waals surface area contributed by atoms with Crippen molar-refractivity contribution in [3.05, 3.63) is 0 Å². The number of nitrogens with zero attached hydrogens (tertiary/aromatic N) is 2. The van der Waals surface area contributed by atoms with Gasteiger partial charge in [0.1, 0.15) is 0 Å². The van der Waals surface area contributed by atoms with Crippen LogP contribution < -0.4 is 5.32 Å². The number of likely N-dealkylation sites (N-methyl/N-ethyl adjacent to an activating group) is 1. The molecular formula is C12H25N3. The lowest BCUT2D eigenvalue weighted by Crippen LogP contribution is -2.47. The minimum absolute atomic E-state index is 0.163. The Bertz CT molecular complexity index is 224. The summed E-state index contributed by atoms with van der Waals surface area (Å²) in [5, 5.41) is 12.3. The standard InChI is InChI=1S/C12H25N3/c1-11(2,9-13)7-8-14-10-12(3,4)15(5)6/h14H,7-8,10H2,1-6H3. The highest BCUT2D eigenvalue weighted by atomic mass is 15.2. The molecule has 0 rings (SSSR count). The average molecular weight is 211 g/mol. The van der Waals surface area contributed by atoms with Crippen LogP contribution in [0.25, 0.3) is 0 Å². The molecule has 0 heterocycles. The Labute approximate surface area is 94.5 Å². The molecule has 15 heavy (non-hydrogen) atoms. The Morgan fingerprint density at radius 1 is 1.20 bits per heavy atom. The van der Waals surface area contributed by atoms with E-state index in [-0.39, 0.29) is 11.0 Å². The van der Waals surface area contributed by atoms with Gasteiger partial charge in [0.25, 0.3) is 0 Å². The third-order valence-corrected chi connectivity index (χ3v) is 3.00. The van der Waals surface area contributed by atoms with Gasteiger partial charge in [-0.25, -0.2) is 0 Å². The van der Waals surface area contributed by atoms with Gasteiger partial charge < -0.3 is 10.2 Å². The summed E-state index contributed by atoms with van der Waals surface area (Å²) in [5.74, 6) is 0. The van der Waals surface area contributed by atoms with E-state index in [4.69, 9.17) is 5.26 Å². The predicted molar refractivity (Wildman–Crippen MR) is 64.6 cm³/mol. The van der Waals surface area contributed by atoms with Crippen molar-refractivity contribution in [3.8, 4) is 6.07 Å². The Morgan fingerprint density at radius 3 is 2.13 bits per heavy atom. The fraction of sp³-hybridized carbons (Fsp3) is 0.917. The monoisotopic (exact) mass is 211 g/mol. The van der Waals surface area contributed by atoms with Crippen LogP contribution in [0.5, 0.6) is 0 Å². The molecule has 0 aromatic heterocycles. The molecule has 0 aliphatic heterocycles. The zero-order chi connectivity index (χ0) is 12.1. The average Bonchev–Trinajstić information content (AvgIpc) is 2.12. The van der Waals surface area contributed by atoms with Crippen molar-refractivity contribution < 1.29 is 0 Å². The van der Waals surface area contributed by atoms with Gasteiger partial charge in [0.2, 0.25) is 0 Å². The summed E-state index contributed by atoms with van der Waals surface area (Å²) in [4.78, 5) is 2.20. The second-order valence-electron chi connectivity index (χ2n) is 5.63. The lowest BCUT2D eigenvalue weighted by molar-refractivity contribution is 0.188. The Hall–Kier alpha value is -0.590.